The van der Waals surface area contributed by atoms with Crippen molar-refractivity contribution < 1.29 is 4.42 Å². The van der Waals surface area contributed by atoms with Gasteiger partial charge in [-0.05, 0) is 96.9 Å². The second-order valence-corrected chi connectivity index (χ2v) is 16.4. The molecule has 1 aliphatic carbocycles. The van der Waals surface area contributed by atoms with E-state index in [0.29, 0.717) is 0 Å². The maximum Gasteiger partial charge on any atom is 0.143 e. The van der Waals surface area contributed by atoms with Crippen LogP contribution in [-0.4, -0.2) is 0 Å². The van der Waals surface area contributed by atoms with Crippen molar-refractivity contribution >= 4 is 71.3 Å². The normalized spacial score (nSPS) is 13.1. The number of benzene rings is 10. The molecule has 0 atom stereocenters. The van der Waals surface area contributed by atoms with Crippen molar-refractivity contribution in [3.63, 3.8) is 0 Å². The van der Waals surface area contributed by atoms with Gasteiger partial charge in [0.05, 0.1) is 11.4 Å². The third-order valence-corrected chi connectivity index (χ3v) is 12.9. The first-order valence-corrected chi connectivity index (χ1v) is 20.5. The fourth-order valence-electron chi connectivity index (χ4n) is 10.1. The van der Waals surface area contributed by atoms with Crippen molar-refractivity contribution in [3.05, 3.63) is 211 Å². The van der Waals surface area contributed by atoms with Gasteiger partial charge >= 0.3 is 0 Å². The van der Waals surface area contributed by atoms with Gasteiger partial charge in [-0.25, -0.2) is 0 Å². The minimum absolute atomic E-state index is 0.0979. The van der Waals surface area contributed by atoms with Gasteiger partial charge in [-0.3, -0.25) is 0 Å². The zero-order chi connectivity index (χ0) is 39.2. The summed E-state index contributed by atoms with van der Waals surface area (Å²) in [6, 6.07) is 73.2. The quantitative estimate of drug-likeness (QED) is 0.163. The average Bonchev–Trinajstić information content (AvgIpc) is 3.79. The van der Waals surface area contributed by atoms with E-state index in [4.69, 9.17) is 4.42 Å². The molecule has 0 saturated heterocycles. The molecule has 1 aliphatic rings. The third kappa shape index (κ3) is 5.00. The molecule has 0 radical (unpaired) electrons. The van der Waals surface area contributed by atoms with Crippen molar-refractivity contribution in [2.75, 3.05) is 4.90 Å². The monoisotopic (exact) mass is 753 g/mol. The first-order chi connectivity index (χ1) is 29.0. The van der Waals surface area contributed by atoms with Crippen molar-refractivity contribution in [1.29, 1.82) is 0 Å². The van der Waals surface area contributed by atoms with Crippen LogP contribution in [-0.2, 0) is 5.41 Å². The highest BCUT2D eigenvalue weighted by molar-refractivity contribution is 6.19. The summed E-state index contributed by atoms with van der Waals surface area (Å²) in [4.78, 5) is 2.47. The molecule has 2 nitrogen and oxygen atoms in total. The van der Waals surface area contributed by atoms with E-state index >= 15 is 0 Å². The van der Waals surface area contributed by atoms with Crippen LogP contribution in [0.4, 0.5) is 17.1 Å². The van der Waals surface area contributed by atoms with Crippen molar-refractivity contribution in [2.45, 2.75) is 19.3 Å². The molecule has 59 heavy (non-hydrogen) atoms. The lowest BCUT2D eigenvalue weighted by atomic mass is 9.82. The Morgan fingerprint density at radius 3 is 1.83 bits per heavy atom. The van der Waals surface area contributed by atoms with E-state index in [9.17, 15) is 0 Å². The summed E-state index contributed by atoms with van der Waals surface area (Å²) in [5.41, 5.74) is 15.2. The lowest BCUT2D eigenvalue weighted by Crippen LogP contribution is -2.15. The molecule has 0 amide bonds. The van der Waals surface area contributed by atoms with Crippen LogP contribution < -0.4 is 4.90 Å². The van der Waals surface area contributed by atoms with Crippen molar-refractivity contribution in [1.82, 2.24) is 0 Å². The Kier molecular flexibility index (Phi) is 7.31. The van der Waals surface area contributed by atoms with E-state index in [1.54, 1.807) is 0 Å². The summed E-state index contributed by atoms with van der Waals surface area (Å²) in [6.07, 6.45) is 0. The minimum Gasteiger partial charge on any atom is -0.455 e. The number of anilines is 3. The molecular weight excluding hydrogens is 715 g/mol. The van der Waals surface area contributed by atoms with E-state index in [-0.39, 0.29) is 5.41 Å². The second kappa shape index (κ2) is 12.8. The fourth-order valence-corrected chi connectivity index (χ4v) is 10.1. The third-order valence-electron chi connectivity index (χ3n) is 12.9. The van der Waals surface area contributed by atoms with Crippen molar-refractivity contribution in [3.8, 4) is 33.4 Å². The maximum atomic E-state index is 6.59. The van der Waals surface area contributed by atoms with E-state index in [1.165, 1.54) is 60.3 Å². The van der Waals surface area contributed by atoms with Crippen LogP contribution in [0.2, 0.25) is 0 Å². The van der Waals surface area contributed by atoms with Crippen LogP contribution in [0.25, 0.3) is 87.6 Å². The smallest absolute Gasteiger partial charge is 0.143 e. The summed E-state index contributed by atoms with van der Waals surface area (Å²) < 4.78 is 6.59. The second-order valence-electron chi connectivity index (χ2n) is 16.4. The van der Waals surface area contributed by atoms with Gasteiger partial charge in [-0.15, -0.1) is 0 Å². The predicted molar refractivity (Wildman–Crippen MR) is 249 cm³/mol. The molecule has 0 spiro atoms. The Morgan fingerprint density at radius 2 is 0.983 bits per heavy atom. The van der Waals surface area contributed by atoms with Gasteiger partial charge in [0.2, 0.25) is 0 Å². The molecule has 1 heterocycles. The topological polar surface area (TPSA) is 16.4 Å². The number of rotatable bonds is 5. The molecule has 0 saturated carbocycles. The van der Waals surface area contributed by atoms with Crippen LogP contribution in [0.15, 0.2) is 205 Å². The summed E-state index contributed by atoms with van der Waals surface area (Å²) in [7, 11) is 0. The Labute approximate surface area is 343 Å². The first kappa shape index (κ1) is 33.7. The summed E-state index contributed by atoms with van der Waals surface area (Å²) in [6.45, 7) is 4.72. The molecular formula is C57H39NO. The molecule has 0 unspecified atom stereocenters. The highest BCUT2D eigenvalue weighted by Gasteiger charge is 2.37. The van der Waals surface area contributed by atoms with Gasteiger partial charge in [0.25, 0.3) is 0 Å². The molecule has 0 aliphatic heterocycles. The molecule has 0 N–H and O–H groups in total. The molecule has 12 rings (SSSR count). The molecule has 11 aromatic rings. The Bertz CT molecular complexity index is 3480. The Morgan fingerprint density at radius 1 is 0.390 bits per heavy atom. The van der Waals surface area contributed by atoms with Crippen LogP contribution in [0.1, 0.15) is 25.0 Å². The van der Waals surface area contributed by atoms with E-state index in [0.717, 1.165) is 55.5 Å². The van der Waals surface area contributed by atoms with Gasteiger partial charge in [-0.1, -0.05) is 178 Å². The number of para-hydroxylation sites is 1. The summed E-state index contributed by atoms with van der Waals surface area (Å²) >= 11 is 0. The van der Waals surface area contributed by atoms with Crippen LogP contribution >= 0.6 is 0 Å². The summed E-state index contributed by atoms with van der Waals surface area (Å²) in [5.74, 6) is 0. The molecule has 2 heteroatoms. The minimum atomic E-state index is -0.0979. The predicted octanol–water partition coefficient (Wildman–Crippen LogP) is 16.2. The standard InChI is InChI=1S/C57H39NO/c1-57(2)49-23-9-7-19-47(49)54-46(22-11-24-50(54)57)44-18-8-10-25-51(44)58(52-26-12-21-43-40-16-5-3-14-36(40)30-34-45(43)52)39-32-28-38(29-33-39)41-20-13-27-53-55(41)48-35-31-37-15-4-6-17-42(37)56(48)59-53/h3-35H,1-2H3. The van der Waals surface area contributed by atoms with Crippen molar-refractivity contribution in [2.24, 2.45) is 0 Å². The number of hydrogen-bond donors (Lipinski definition) is 0. The maximum absolute atomic E-state index is 6.59. The van der Waals surface area contributed by atoms with Crippen LogP contribution in [0.5, 0.6) is 0 Å². The SMILES string of the molecule is CC1(C)c2ccccc2-c2c(-c3ccccc3N(c3ccc(-c4cccc5oc6c7ccccc7ccc6c45)cc3)c3cccc4c3ccc3ccccc34)cccc21. The van der Waals surface area contributed by atoms with Gasteiger partial charge in [-0.2, -0.15) is 0 Å². The molecule has 278 valence electrons. The number of furan rings is 1. The average molecular weight is 754 g/mol. The van der Waals surface area contributed by atoms with Crippen LogP contribution in [0, 0.1) is 0 Å². The highest BCUT2D eigenvalue weighted by atomic mass is 16.3. The number of hydrogen-bond acceptors (Lipinski definition) is 2. The van der Waals surface area contributed by atoms with Gasteiger partial charge in [0, 0.05) is 38.2 Å². The fraction of sp³-hybridized carbons (Fsp3) is 0.0526. The first-order valence-electron chi connectivity index (χ1n) is 20.5. The van der Waals surface area contributed by atoms with E-state index < -0.39 is 0 Å². The Hall–Kier alpha value is -7.42. The molecule has 0 bridgehead atoms. The Balaban J connectivity index is 1.08. The molecule has 1 aromatic heterocycles. The van der Waals surface area contributed by atoms with E-state index in [1.807, 2.05) is 0 Å². The highest BCUT2D eigenvalue weighted by Crippen LogP contribution is 2.54. The largest absolute Gasteiger partial charge is 0.455 e. The summed E-state index contributed by atoms with van der Waals surface area (Å²) in [5, 5.41) is 9.53. The molecule has 0 fully saturated rings. The zero-order valence-electron chi connectivity index (χ0n) is 32.9. The van der Waals surface area contributed by atoms with E-state index in [2.05, 4.69) is 219 Å². The van der Waals surface area contributed by atoms with Crippen LogP contribution in [0.3, 0.4) is 0 Å². The lowest BCUT2D eigenvalue weighted by Gasteiger charge is -2.30. The number of nitrogens with zero attached hydrogens (tertiary/aromatic N) is 1. The molecule has 10 aromatic carbocycles. The lowest BCUT2D eigenvalue weighted by molar-refractivity contribution is 0.660. The van der Waals surface area contributed by atoms with Gasteiger partial charge in [0.15, 0.2) is 0 Å². The zero-order valence-corrected chi connectivity index (χ0v) is 32.9. The van der Waals surface area contributed by atoms with Gasteiger partial charge in [0.1, 0.15) is 11.2 Å². The number of fused-ring (bicyclic) bond motifs is 11. The van der Waals surface area contributed by atoms with Gasteiger partial charge < -0.3 is 9.32 Å².